The molecule has 0 fully saturated rings. The van der Waals surface area contributed by atoms with Gasteiger partial charge < -0.3 is 5.32 Å². The number of nitro benzene ring substituents is 1. The van der Waals surface area contributed by atoms with Gasteiger partial charge in [-0.3, -0.25) is 14.9 Å². The quantitative estimate of drug-likeness (QED) is 0.547. The molecule has 0 saturated heterocycles. The van der Waals surface area contributed by atoms with Crippen LogP contribution in [0.1, 0.15) is 21.7 Å². The summed E-state index contributed by atoms with van der Waals surface area (Å²) < 4.78 is 1.71. The van der Waals surface area contributed by atoms with Gasteiger partial charge in [-0.25, -0.2) is 4.68 Å². The molecular formula is C18H15ClN4O3. The number of nitrogens with zero attached hydrogens (tertiary/aromatic N) is 3. The minimum absolute atomic E-state index is 0.0837. The molecule has 1 N–H and O–H groups in total. The maximum absolute atomic E-state index is 12.3. The molecule has 3 aromatic rings. The van der Waals surface area contributed by atoms with Crippen LogP contribution in [0.5, 0.6) is 0 Å². The summed E-state index contributed by atoms with van der Waals surface area (Å²) >= 11 is 6.16. The molecule has 0 saturated carbocycles. The van der Waals surface area contributed by atoms with E-state index in [1.165, 1.54) is 18.2 Å². The zero-order valence-corrected chi connectivity index (χ0v) is 14.8. The van der Waals surface area contributed by atoms with Crippen LogP contribution >= 0.6 is 11.6 Å². The summed E-state index contributed by atoms with van der Waals surface area (Å²) in [5.74, 6) is -0.358. The molecule has 0 aliphatic heterocycles. The van der Waals surface area contributed by atoms with Crippen molar-refractivity contribution in [3.05, 3.63) is 80.6 Å². The van der Waals surface area contributed by atoms with E-state index in [1.54, 1.807) is 35.0 Å². The van der Waals surface area contributed by atoms with Crippen LogP contribution in [0.4, 0.5) is 11.4 Å². The largest absolute Gasteiger partial charge is 0.322 e. The van der Waals surface area contributed by atoms with Gasteiger partial charge in [-0.05, 0) is 44.2 Å². The number of benzene rings is 2. The molecule has 0 unspecified atom stereocenters. The number of nitrogens with one attached hydrogen (secondary N) is 1. The number of hydrogen-bond acceptors (Lipinski definition) is 4. The summed E-state index contributed by atoms with van der Waals surface area (Å²) in [5.41, 5.74) is 3.03. The number of carbonyl (C=O) groups is 1. The second kappa shape index (κ2) is 6.97. The number of amides is 1. The van der Waals surface area contributed by atoms with Crippen molar-refractivity contribution in [2.24, 2.45) is 0 Å². The molecule has 0 radical (unpaired) electrons. The summed E-state index contributed by atoms with van der Waals surface area (Å²) in [5, 5.41) is 18.4. The predicted octanol–water partition coefficient (Wildman–Crippen LogP) is 4.30. The number of aromatic nitrogens is 2. The second-order valence-corrected chi connectivity index (χ2v) is 6.08. The second-order valence-electron chi connectivity index (χ2n) is 5.71. The fourth-order valence-electron chi connectivity index (χ4n) is 2.53. The number of hydrogen-bond donors (Lipinski definition) is 1. The summed E-state index contributed by atoms with van der Waals surface area (Å²) in [6.07, 6.45) is 0. The van der Waals surface area contributed by atoms with E-state index in [0.29, 0.717) is 16.3 Å². The minimum Gasteiger partial charge on any atom is -0.322 e. The van der Waals surface area contributed by atoms with E-state index in [-0.39, 0.29) is 11.6 Å². The number of non-ortho nitro benzene ring substituents is 1. The summed E-state index contributed by atoms with van der Waals surface area (Å²) in [7, 11) is 0. The lowest BCUT2D eigenvalue weighted by Crippen LogP contribution is -2.12. The molecule has 8 heteroatoms. The monoisotopic (exact) mass is 370 g/mol. The Kier molecular flexibility index (Phi) is 4.73. The highest BCUT2D eigenvalue weighted by Crippen LogP contribution is 2.23. The van der Waals surface area contributed by atoms with Crippen LogP contribution in [-0.2, 0) is 0 Å². The van der Waals surface area contributed by atoms with Crippen molar-refractivity contribution in [2.45, 2.75) is 13.8 Å². The molecule has 1 heterocycles. The molecular weight excluding hydrogens is 356 g/mol. The first-order valence-corrected chi connectivity index (χ1v) is 8.12. The molecule has 1 amide bonds. The number of anilines is 1. The lowest BCUT2D eigenvalue weighted by molar-refractivity contribution is -0.384. The molecule has 2 aromatic carbocycles. The Balaban J connectivity index is 1.80. The van der Waals surface area contributed by atoms with Crippen molar-refractivity contribution in [1.29, 1.82) is 0 Å². The van der Waals surface area contributed by atoms with Crippen LogP contribution in [0.25, 0.3) is 5.69 Å². The average Bonchev–Trinajstić information content (AvgIpc) is 2.89. The molecule has 0 aliphatic rings. The van der Waals surface area contributed by atoms with Crippen molar-refractivity contribution in [3.63, 3.8) is 0 Å². The molecule has 0 aliphatic carbocycles. The number of aryl methyl sites for hydroxylation is 1. The van der Waals surface area contributed by atoms with Gasteiger partial charge in [0.15, 0.2) is 0 Å². The van der Waals surface area contributed by atoms with Gasteiger partial charge in [-0.15, -0.1) is 0 Å². The van der Waals surface area contributed by atoms with E-state index in [2.05, 4.69) is 10.4 Å². The molecule has 0 atom stereocenters. The molecule has 26 heavy (non-hydrogen) atoms. The zero-order valence-electron chi connectivity index (χ0n) is 14.1. The first kappa shape index (κ1) is 17.6. The van der Waals surface area contributed by atoms with E-state index in [4.69, 9.17) is 11.6 Å². The molecule has 132 valence electrons. The number of rotatable bonds is 4. The maximum Gasteiger partial charge on any atom is 0.271 e. The zero-order chi connectivity index (χ0) is 18.8. The van der Waals surface area contributed by atoms with Crippen molar-refractivity contribution in [1.82, 2.24) is 9.78 Å². The summed E-state index contributed by atoms with van der Waals surface area (Å²) in [4.78, 5) is 22.6. The first-order valence-electron chi connectivity index (χ1n) is 7.75. The average molecular weight is 371 g/mol. The van der Waals surface area contributed by atoms with Gasteiger partial charge in [0.2, 0.25) is 0 Å². The van der Waals surface area contributed by atoms with Gasteiger partial charge in [0.25, 0.3) is 11.6 Å². The van der Waals surface area contributed by atoms with Gasteiger partial charge in [-0.1, -0.05) is 17.7 Å². The standard InChI is InChI=1S/C18H15ClN4O3/c1-11-17(19)12(2)22(21-11)15-8-6-13(7-9-15)18(24)20-14-4-3-5-16(10-14)23(25)26/h3-10H,1-2H3,(H,20,24). The van der Waals surface area contributed by atoms with E-state index in [0.717, 1.165) is 17.1 Å². The SMILES string of the molecule is Cc1nn(-c2ccc(C(=O)Nc3cccc([N+](=O)[O-])c3)cc2)c(C)c1Cl. The van der Waals surface area contributed by atoms with Gasteiger partial charge in [0.1, 0.15) is 0 Å². The van der Waals surface area contributed by atoms with E-state index < -0.39 is 4.92 Å². The van der Waals surface area contributed by atoms with Crippen molar-refractivity contribution in [3.8, 4) is 5.69 Å². The summed E-state index contributed by atoms with van der Waals surface area (Å²) in [6, 6.07) is 12.6. The molecule has 0 bridgehead atoms. The Bertz CT molecular complexity index is 996. The minimum atomic E-state index is -0.510. The van der Waals surface area contributed by atoms with Crippen molar-refractivity contribution in [2.75, 3.05) is 5.32 Å². The third kappa shape index (κ3) is 3.43. The molecule has 1 aromatic heterocycles. The van der Waals surface area contributed by atoms with Gasteiger partial charge in [0.05, 0.1) is 27.0 Å². The number of carbonyl (C=O) groups excluding carboxylic acids is 1. The van der Waals surface area contributed by atoms with Gasteiger partial charge in [-0.2, -0.15) is 5.10 Å². The number of nitro groups is 1. The van der Waals surface area contributed by atoms with Crippen LogP contribution < -0.4 is 5.32 Å². The Morgan fingerprint density at radius 1 is 1.19 bits per heavy atom. The van der Waals surface area contributed by atoms with Crippen LogP contribution in [0.2, 0.25) is 5.02 Å². The van der Waals surface area contributed by atoms with Crippen LogP contribution in [0, 0.1) is 24.0 Å². The Morgan fingerprint density at radius 3 is 2.46 bits per heavy atom. The highest BCUT2D eigenvalue weighted by Gasteiger charge is 2.13. The van der Waals surface area contributed by atoms with Crippen molar-refractivity contribution < 1.29 is 9.72 Å². The molecule has 7 nitrogen and oxygen atoms in total. The van der Waals surface area contributed by atoms with Crippen molar-refractivity contribution >= 4 is 28.9 Å². The van der Waals surface area contributed by atoms with Crippen LogP contribution in [-0.4, -0.2) is 20.6 Å². The fourth-order valence-corrected chi connectivity index (χ4v) is 2.65. The van der Waals surface area contributed by atoms with Gasteiger partial charge >= 0.3 is 0 Å². The fraction of sp³-hybridized carbons (Fsp3) is 0.111. The molecule has 0 spiro atoms. The lowest BCUT2D eigenvalue weighted by Gasteiger charge is -2.07. The van der Waals surface area contributed by atoms with E-state index >= 15 is 0 Å². The van der Waals surface area contributed by atoms with E-state index in [1.807, 2.05) is 13.8 Å². The molecule has 3 rings (SSSR count). The Morgan fingerprint density at radius 2 is 1.88 bits per heavy atom. The third-order valence-corrected chi connectivity index (χ3v) is 4.44. The topological polar surface area (TPSA) is 90.1 Å². The highest BCUT2D eigenvalue weighted by atomic mass is 35.5. The van der Waals surface area contributed by atoms with E-state index in [9.17, 15) is 14.9 Å². The van der Waals surface area contributed by atoms with Gasteiger partial charge in [0, 0.05) is 23.4 Å². The number of halogens is 1. The lowest BCUT2D eigenvalue weighted by atomic mass is 10.2. The summed E-state index contributed by atoms with van der Waals surface area (Å²) in [6.45, 7) is 3.69. The third-order valence-electron chi connectivity index (χ3n) is 3.89. The predicted molar refractivity (Wildman–Crippen MR) is 99.1 cm³/mol. The highest BCUT2D eigenvalue weighted by molar-refractivity contribution is 6.31. The Hall–Kier alpha value is -3.19. The first-order chi connectivity index (χ1) is 12.4. The normalized spacial score (nSPS) is 10.6. The van der Waals surface area contributed by atoms with Crippen LogP contribution in [0.3, 0.4) is 0 Å². The maximum atomic E-state index is 12.3. The Labute approximate surface area is 154 Å². The smallest absolute Gasteiger partial charge is 0.271 e. The van der Waals surface area contributed by atoms with Crippen LogP contribution in [0.15, 0.2) is 48.5 Å².